The highest BCUT2D eigenvalue weighted by molar-refractivity contribution is 7.05. The third kappa shape index (κ3) is 2.94. The molecule has 0 saturated carbocycles. The molecule has 0 aromatic carbocycles. The third-order valence-electron chi connectivity index (χ3n) is 3.41. The van der Waals surface area contributed by atoms with Crippen molar-refractivity contribution in [3.63, 3.8) is 0 Å². The fraction of sp³-hybridized carbons (Fsp3) is 0.643. The van der Waals surface area contributed by atoms with Crippen LogP contribution in [-0.4, -0.2) is 33.5 Å². The number of rotatable bonds is 5. The summed E-state index contributed by atoms with van der Waals surface area (Å²) in [5.41, 5.74) is 1.97. The van der Waals surface area contributed by atoms with E-state index < -0.39 is 0 Å². The zero-order valence-corrected chi connectivity index (χ0v) is 14.3. The minimum absolute atomic E-state index is 0.0309. The van der Waals surface area contributed by atoms with E-state index in [9.17, 15) is 0 Å². The molecule has 0 radical (unpaired) electrons. The van der Waals surface area contributed by atoms with Crippen LogP contribution >= 0.6 is 11.5 Å². The molecule has 2 aromatic rings. The number of aryl methyl sites for hydroxylation is 1. The minimum atomic E-state index is -0.0538. The van der Waals surface area contributed by atoms with Gasteiger partial charge in [0.1, 0.15) is 5.69 Å². The van der Waals surface area contributed by atoms with Crippen molar-refractivity contribution in [3.05, 3.63) is 22.5 Å². The first-order valence-corrected chi connectivity index (χ1v) is 7.81. The fourth-order valence-electron chi connectivity index (χ4n) is 2.38. The fourth-order valence-corrected chi connectivity index (χ4v) is 3.36. The maximum atomic E-state index is 5.47. The Morgan fingerprint density at radius 2 is 2.14 bits per heavy atom. The molecule has 1 unspecified atom stereocenters. The Morgan fingerprint density at radius 3 is 2.67 bits per heavy atom. The summed E-state index contributed by atoms with van der Waals surface area (Å²) in [7, 11) is 3.60. The van der Waals surface area contributed by atoms with E-state index in [4.69, 9.17) is 4.74 Å². The number of hydrogen-bond acceptors (Lipinski definition) is 6. The molecule has 0 fully saturated rings. The van der Waals surface area contributed by atoms with Crippen molar-refractivity contribution in [3.8, 4) is 5.75 Å². The Hall–Kier alpha value is -1.47. The van der Waals surface area contributed by atoms with Gasteiger partial charge in [0, 0.05) is 12.0 Å². The van der Waals surface area contributed by atoms with Gasteiger partial charge in [0.25, 0.3) is 0 Å². The molecule has 2 heterocycles. The Morgan fingerprint density at radius 1 is 1.43 bits per heavy atom. The van der Waals surface area contributed by atoms with Crippen LogP contribution < -0.4 is 10.1 Å². The highest BCUT2D eigenvalue weighted by atomic mass is 32.1. The maximum absolute atomic E-state index is 5.47. The lowest BCUT2D eigenvalue weighted by Gasteiger charge is -2.22. The van der Waals surface area contributed by atoms with Gasteiger partial charge in [-0.3, -0.25) is 4.68 Å². The first-order valence-electron chi connectivity index (χ1n) is 7.03. The van der Waals surface area contributed by atoms with Crippen molar-refractivity contribution in [2.24, 2.45) is 0 Å². The van der Waals surface area contributed by atoms with E-state index in [1.807, 2.05) is 11.7 Å². The van der Waals surface area contributed by atoms with Gasteiger partial charge in [0.05, 0.1) is 29.9 Å². The van der Waals surface area contributed by atoms with Crippen LogP contribution in [0.3, 0.4) is 0 Å². The number of aromatic nitrogens is 4. The number of ether oxygens (including phenoxy) is 1. The highest BCUT2D eigenvalue weighted by Gasteiger charge is 2.31. The van der Waals surface area contributed by atoms with Crippen molar-refractivity contribution >= 4 is 11.5 Å². The topological polar surface area (TPSA) is 64.9 Å². The van der Waals surface area contributed by atoms with Gasteiger partial charge in [0.15, 0.2) is 5.75 Å². The summed E-state index contributed by atoms with van der Waals surface area (Å²) in [6.07, 6.45) is 1.76. The van der Waals surface area contributed by atoms with E-state index in [0.29, 0.717) is 0 Å². The molecule has 21 heavy (non-hydrogen) atoms. The third-order valence-corrected chi connectivity index (χ3v) is 4.20. The summed E-state index contributed by atoms with van der Waals surface area (Å²) in [5, 5.41) is 12.1. The summed E-state index contributed by atoms with van der Waals surface area (Å²) in [5.74, 6) is 0.782. The van der Waals surface area contributed by atoms with Gasteiger partial charge in [-0.15, -0.1) is 5.10 Å². The average molecular weight is 309 g/mol. The Kier molecular flexibility index (Phi) is 4.63. The zero-order chi connectivity index (χ0) is 15.6. The molecule has 0 saturated heterocycles. The molecule has 7 heteroatoms. The summed E-state index contributed by atoms with van der Waals surface area (Å²) < 4.78 is 11.6. The smallest absolute Gasteiger partial charge is 0.161 e. The van der Waals surface area contributed by atoms with Gasteiger partial charge in [0.2, 0.25) is 0 Å². The monoisotopic (exact) mass is 309 g/mol. The lowest BCUT2D eigenvalue weighted by atomic mass is 9.89. The van der Waals surface area contributed by atoms with Crippen LogP contribution in [0, 0.1) is 0 Å². The standard InChI is InChI=1S/C14H23N5OS/c1-7-19-11(9(20-6)8-16-19)10(15-5)12-13(14(2,3)4)17-18-21-12/h8,10,15H,7H2,1-6H3. The van der Waals surface area contributed by atoms with E-state index in [1.165, 1.54) is 11.5 Å². The second kappa shape index (κ2) is 6.11. The van der Waals surface area contributed by atoms with E-state index >= 15 is 0 Å². The van der Waals surface area contributed by atoms with E-state index in [2.05, 4.69) is 47.7 Å². The van der Waals surface area contributed by atoms with Crippen LogP contribution in [0.4, 0.5) is 0 Å². The van der Waals surface area contributed by atoms with Crippen LogP contribution in [0.15, 0.2) is 6.20 Å². The number of hydrogen-bond donors (Lipinski definition) is 1. The molecule has 6 nitrogen and oxygen atoms in total. The molecule has 0 amide bonds. The molecule has 0 bridgehead atoms. The molecule has 0 aliphatic carbocycles. The van der Waals surface area contributed by atoms with Crippen molar-refractivity contribution in [1.29, 1.82) is 0 Å². The van der Waals surface area contributed by atoms with Crippen molar-refractivity contribution in [1.82, 2.24) is 24.7 Å². The van der Waals surface area contributed by atoms with Gasteiger partial charge in [-0.25, -0.2) is 0 Å². The molecule has 0 spiro atoms. The van der Waals surface area contributed by atoms with Gasteiger partial charge in [-0.1, -0.05) is 25.3 Å². The second-order valence-corrected chi connectivity index (χ2v) is 6.66. The molecular formula is C14H23N5OS. The van der Waals surface area contributed by atoms with Crippen molar-refractivity contribution in [2.45, 2.75) is 45.7 Å². The number of nitrogens with one attached hydrogen (secondary N) is 1. The summed E-state index contributed by atoms with van der Waals surface area (Å²) in [6.45, 7) is 9.29. The van der Waals surface area contributed by atoms with Crippen LogP contribution in [-0.2, 0) is 12.0 Å². The number of methoxy groups -OCH3 is 1. The summed E-state index contributed by atoms with van der Waals surface area (Å²) in [4.78, 5) is 1.11. The first-order chi connectivity index (χ1) is 9.93. The number of nitrogens with zero attached hydrogens (tertiary/aromatic N) is 4. The average Bonchev–Trinajstić information content (AvgIpc) is 3.06. The lowest BCUT2D eigenvalue weighted by Crippen LogP contribution is -2.25. The van der Waals surface area contributed by atoms with Crippen LogP contribution in [0.1, 0.15) is 50.0 Å². The lowest BCUT2D eigenvalue weighted by molar-refractivity contribution is 0.401. The van der Waals surface area contributed by atoms with E-state index in [0.717, 1.165) is 28.6 Å². The van der Waals surface area contributed by atoms with Gasteiger partial charge in [-0.2, -0.15) is 5.10 Å². The molecule has 2 aromatic heterocycles. The Labute approximate surface area is 129 Å². The van der Waals surface area contributed by atoms with E-state index in [1.54, 1.807) is 13.3 Å². The van der Waals surface area contributed by atoms with Gasteiger partial charge in [-0.05, 0) is 25.5 Å². The molecule has 1 atom stereocenters. The molecule has 1 N–H and O–H groups in total. The van der Waals surface area contributed by atoms with E-state index in [-0.39, 0.29) is 11.5 Å². The zero-order valence-electron chi connectivity index (χ0n) is 13.5. The normalized spacial score (nSPS) is 13.4. The summed E-state index contributed by atoms with van der Waals surface area (Å²) in [6, 6.07) is -0.0309. The summed E-state index contributed by atoms with van der Waals surface area (Å²) >= 11 is 1.43. The van der Waals surface area contributed by atoms with Crippen LogP contribution in [0.2, 0.25) is 0 Å². The molecule has 0 aliphatic heterocycles. The largest absolute Gasteiger partial charge is 0.493 e. The first kappa shape index (κ1) is 15.9. The Balaban J connectivity index is 2.56. The minimum Gasteiger partial charge on any atom is -0.493 e. The second-order valence-electron chi connectivity index (χ2n) is 5.87. The van der Waals surface area contributed by atoms with Crippen LogP contribution in [0.25, 0.3) is 0 Å². The maximum Gasteiger partial charge on any atom is 0.161 e. The molecular weight excluding hydrogens is 286 g/mol. The molecule has 116 valence electrons. The predicted molar refractivity (Wildman–Crippen MR) is 84.0 cm³/mol. The SMILES string of the molecule is CCn1ncc(OC)c1C(NC)c1snnc1C(C)(C)C. The van der Waals surface area contributed by atoms with Crippen molar-refractivity contribution < 1.29 is 4.74 Å². The highest BCUT2D eigenvalue weighted by Crippen LogP contribution is 2.36. The quantitative estimate of drug-likeness (QED) is 0.918. The molecule has 2 rings (SSSR count). The Bertz CT molecular complexity index is 577. The van der Waals surface area contributed by atoms with Crippen molar-refractivity contribution in [2.75, 3.05) is 14.2 Å². The molecule has 0 aliphatic rings. The predicted octanol–water partition coefficient (Wildman–Crippen LogP) is 2.37. The van der Waals surface area contributed by atoms with Gasteiger partial charge < -0.3 is 10.1 Å². The van der Waals surface area contributed by atoms with Gasteiger partial charge >= 0.3 is 0 Å². The van der Waals surface area contributed by atoms with Crippen LogP contribution in [0.5, 0.6) is 5.75 Å².